The van der Waals surface area contributed by atoms with Crippen LogP contribution in [0.1, 0.15) is 63.0 Å². The minimum Gasteiger partial charge on any atom is -0.310 e. The van der Waals surface area contributed by atoms with Gasteiger partial charge in [-0.2, -0.15) is 5.10 Å². The first-order valence-corrected chi connectivity index (χ1v) is 6.92. The number of hydrogen-bond donors (Lipinski definition) is 1. The summed E-state index contributed by atoms with van der Waals surface area (Å²) in [7, 11) is 0. The second-order valence-corrected chi connectivity index (χ2v) is 4.72. The van der Waals surface area contributed by atoms with Gasteiger partial charge in [-0.15, -0.1) is 0 Å². The number of aromatic nitrogens is 2. The van der Waals surface area contributed by atoms with Crippen LogP contribution in [-0.2, 0) is 6.54 Å². The topological polar surface area (TPSA) is 29.9 Å². The monoisotopic (exact) mass is 237 g/mol. The van der Waals surface area contributed by atoms with Gasteiger partial charge < -0.3 is 5.32 Å². The van der Waals surface area contributed by atoms with Gasteiger partial charge in [0.15, 0.2) is 0 Å². The smallest absolute Gasteiger partial charge is 0.0644 e. The van der Waals surface area contributed by atoms with Crippen LogP contribution in [0, 0.1) is 13.8 Å². The maximum absolute atomic E-state index is 4.65. The molecule has 0 saturated carbocycles. The number of hydrogen-bond acceptors (Lipinski definition) is 2. The van der Waals surface area contributed by atoms with E-state index in [-0.39, 0.29) is 0 Å². The largest absolute Gasteiger partial charge is 0.310 e. The molecule has 1 aromatic rings. The Kier molecular flexibility index (Phi) is 5.69. The SMILES string of the molecule is CCCNC(CC)c1c(C)nn(CCC)c1C. The van der Waals surface area contributed by atoms with E-state index in [9.17, 15) is 0 Å². The maximum Gasteiger partial charge on any atom is 0.0644 e. The molecule has 98 valence electrons. The van der Waals surface area contributed by atoms with Crippen molar-refractivity contribution in [3.05, 3.63) is 17.0 Å². The molecule has 0 radical (unpaired) electrons. The molecule has 0 fully saturated rings. The summed E-state index contributed by atoms with van der Waals surface area (Å²) in [5, 5.41) is 8.27. The van der Waals surface area contributed by atoms with Gasteiger partial charge in [0.1, 0.15) is 0 Å². The van der Waals surface area contributed by atoms with Crippen molar-refractivity contribution in [2.75, 3.05) is 6.54 Å². The van der Waals surface area contributed by atoms with E-state index >= 15 is 0 Å². The quantitative estimate of drug-likeness (QED) is 0.788. The lowest BCUT2D eigenvalue weighted by atomic mass is 10.0. The van der Waals surface area contributed by atoms with Gasteiger partial charge in [-0.05, 0) is 39.7 Å². The third kappa shape index (κ3) is 3.32. The van der Waals surface area contributed by atoms with Crippen molar-refractivity contribution in [3.63, 3.8) is 0 Å². The normalized spacial score (nSPS) is 13.0. The van der Waals surface area contributed by atoms with Crippen molar-refractivity contribution in [2.24, 2.45) is 0 Å². The van der Waals surface area contributed by atoms with Gasteiger partial charge in [0, 0.05) is 23.8 Å². The van der Waals surface area contributed by atoms with Crippen LogP contribution in [0.25, 0.3) is 0 Å². The molecule has 1 aromatic heterocycles. The van der Waals surface area contributed by atoms with Crippen molar-refractivity contribution in [2.45, 2.75) is 66.5 Å². The highest BCUT2D eigenvalue weighted by atomic mass is 15.3. The van der Waals surface area contributed by atoms with Crippen LogP contribution >= 0.6 is 0 Å². The Labute approximate surface area is 106 Å². The fraction of sp³-hybridized carbons (Fsp3) is 0.786. The first-order valence-electron chi connectivity index (χ1n) is 6.92. The van der Waals surface area contributed by atoms with Crippen LogP contribution < -0.4 is 5.32 Å². The zero-order chi connectivity index (χ0) is 12.8. The fourth-order valence-corrected chi connectivity index (χ4v) is 2.41. The van der Waals surface area contributed by atoms with Gasteiger partial charge >= 0.3 is 0 Å². The third-order valence-corrected chi connectivity index (χ3v) is 3.27. The number of nitrogens with zero attached hydrogens (tertiary/aromatic N) is 2. The Hall–Kier alpha value is -0.830. The summed E-state index contributed by atoms with van der Waals surface area (Å²) < 4.78 is 2.15. The van der Waals surface area contributed by atoms with E-state index in [0.29, 0.717) is 6.04 Å². The molecule has 1 N–H and O–H groups in total. The summed E-state index contributed by atoms with van der Waals surface area (Å²) in [6, 6.07) is 0.459. The Morgan fingerprint density at radius 3 is 2.41 bits per heavy atom. The van der Waals surface area contributed by atoms with E-state index in [1.807, 2.05) is 0 Å². The zero-order valence-corrected chi connectivity index (χ0v) is 12.0. The average Bonchev–Trinajstić information content (AvgIpc) is 2.58. The van der Waals surface area contributed by atoms with E-state index in [2.05, 4.69) is 49.7 Å². The van der Waals surface area contributed by atoms with Crippen LogP contribution in [0.2, 0.25) is 0 Å². The molecule has 1 heterocycles. The second kappa shape index (κ2) is 6.80. The van der Waals surface area contributed by atoms with Crippen molar-refractivity contribution < 1.29 is 0 Å². The summed E-state index contributed by atoms with van der Waals surface area (Å²) in [5.41, 5.74) is 3.93. The maximum atomic E-state index is 4.65. The number of rotatable bonds is 7. The molecular weight excluding hydrogens is 210 g/mol. The predicted molar refractivity (Wildman–Crippen MR) is 73.3 cm³/mol. The molecular formula is C14H27N3. The van der Waals surface area contributed by atoms with Crippen LogP contribution in [-0.4, -0.2) is 16.3 Å². The Morgan fingerprint density at radius 2 is 1.88 bits per heavy atom. The Balaban J connectivity index is 2.93. The summed E-state index contributed by atoms with van der Waals surface area (Å²) in [6.45, 7) is 13.1. The van der Waals surface area contributed by atoms with Crippen molar-refractivity contribution in [1.82, 2.24) is 15.1 Å². The van der Waals surface area contributed by atoms with E-state index in [4.69, 9.17) is 0 Å². The summed E-state index contributed by atoms with van der Waals surface area (Å²) in [5.74, 6) is 0. The van der Waals surface area contributed by atoms with Gasteiger partial charge in [0.05, 0.1) is 5.69 Å². The highest BCUT2D eigenvalue weighted by molar-refractivity contribution is 5.28. The van der Waals surface area contributed by atoms with Crippen molar-refractivity contribution in [1.29, 1.82) is 0 Å². The predicted octanol–water partition coefficient (Wildman–Crippen LogP) is 3.36. The molecule has 0 aliphatic rings. The highest BCUT2D eigenvalue weighted by Crippen LogP contribution is 2.24. The standard InChI is InChI=1S/C14H27N3/c1-6-9-15-13(8-3)14-11(4)16-17(10-7-2)12(14)5/h13,15H,6-10H2,1-5H3. The van der Waals surface area contributed by atoms with E-state index in [0.717, 1.165) is 25.9 Å². The van der Waals surface area contributed by atoms with Crippen molar-refractivity contribution >= 4 is 0 Å². The molecule has 0 aromatic carbocycles. The first-order chi connectivity index (χ1) is 8.15. The lowest BCUT2D eigenvalue weighted by Gasteiger charge is -2.17. The average molecular weight is 237 g/mol. The molecule has 1 atom stereocenters. The Morgan fingerprint density at radius 1 is 1.18 bits per heavy atom. The molecule has 1 rings (SSSR count). The Bertz CT molecular complexity index is 341. The van der Waals surface area contributed by atoms with E-state index in [1.54, 1.807) is 0 Å². The number of nitrogens with one attached hydrogen (secondary N) is 1. The van der Waals surface area contributed by atoms with E-state index < -0.39 is 0 Å². The molecule has 1 unspecified atom stereocenters. The summed E-state index contributed by atoms with van der Waals surface area (Å²) >= 11 is 0. The van der Waals surface area contributed by atoms with E-state index in [1.165, 1.54) is 23.4 Å². The number of aryl methyl sites for hydroxylation is 2. The molecule has 3 nitrogen and oxygen atoms in total. The first kappa shape index (κ1) is 14.2. The van der Waals surface area contributed by atoms with Gasteiger partial charge in [-0.3, -0.25) is 4.68 Å². The molecule has 0 saturated heterocycles. The molecule has 3 heteroatoms. The van der Waals surface area contributed by atoms with Crippen LogP contribution in [0.4, 0.5) is 0 Å². The van der Waals surface area contributed by atoms with Crippen LogP contribution in [0.5, 0.6) is 0 Å². The highest BCUT2D eigenvalue weighted by Gasteiger charge is 2.18. The molecule has 0 bridgehead atoms. The molecule has 0 spiro atoms. The van der Waals surface area contributed by atoms with Gasteiger partial charge in [-0.1, -0.05) is 20.8 Å². The van der Waals surface area contributed by atoms with Gasteiger partial charge in [0.25, 0.3) is 0 Å². The molecule has 0 aliphatic carbocycles. The molecule has 17 heavy (non-hydrogen) atoms. The molecule has 0 amide bonds. The van der Waals surface area contributed by atoms with Crippen LogP contribution in [0.15, 0.2) is 0 Å². The van der Waals surface area contributed by atoms with Crippen molar-refractivity contribution in [3.8, 4) is 0 Å². The lowest BCUT2D eigenvalue weighted by molar-refractivity contribution is 0.511. The fourth-order valence-electron chi connectivity index (χ4n) is 2.41. The molecule has 0 aliphatic heterocycles. The summed E-state index contributed by atoms with van der Waals surface area (Å²) in [6.07, 6.45) is 3.44. The zero-order valence-electron chi connectivity index (χ0n) is 12.0. The van der Waals surface area contributed by atoms with Gasteiger partial charge in [-0.25, -0.2) is 0 Å². The third-order valence-electron chi connectivity index (χ3n) is 3.27. The minimum atomic E-state index is 0.459. The van der Waals surface area contributed by atoms with Gasteiger partial charge in [0.2, 0.25) is 0 Å². The minimum absolute atomic E-state index is 0.459. The summed E-state index contributed by atoms with van der Waals surface area (Å²) in [4.78, 5) is 0. The second-order valence-electron chi connectivity index (χ2n) is 4.72. The van der Waals surface area contributed by atoms with Crippen LogP contribution in [0.3, 0.4) is 0 Å². The lowest BCUT2D eigenvalue weighted by Crippen LogP contribution is -2.22.